The highest BCUT2D eigenvalue weighted by molar-refractivity contribution is 9.10. The largest absolute Gasteiger partial charge is 0.487 e. The van der Waals surface area contributed by atoms with Gasteiger partial charge in [0, 0.05) is 13.1 Å². The third-order valence-electron chi connectivity index (χ3n) is 2.61. The summed E-state index contributed by atoms with van der Waals surface area (Å²) in [7, 11) is 1.83. The van der Waals surface area contributed by atoms with Crippen LogP contribution in [0.3, 0.4) is 0 Å². The summed E-state index contributed by atoms with van der Waals surface area (Å²) < 4.78 is 21.4. The van der Waals surface area contributed by atoms with Crippen molar-refractivity contribution < 1.29 is 9.13 Å². The zero-order valence-electron chi connectivity index (χ0n) is 10.1. The zero-order chi connectivity index (χ0) is 13.3. The first-order valence-electron chi connectivity index (χ1n) is 5.35. The predicted molar refractivity (Wildman–Crippen MR) is 70.8 cm³/mol. The third-order valence-corrected chi connectivity index (χ3v) is 3.64. The molecule has 2 rings (SSSR count). The minimum Gasteiger partial charge on any atom is -0.487 e. The van der Waals surface area contributed by atoms with Gasteiger partial charge in [0.1, 0.15) is 18.2 Å². The van der Waals surface area contributed by atoms with Crippen LogP contribution in [0.25, 0.3) is 0 Å². The van der Waals surface area contributed by atoms with Crippen molar-refractivity contribution in [2.45, 2.75) is 13.5 Å². The van der Waals surface area contributed by atoms with Crippen molar-refractivity contribution in [1.82, 2.24) is 9.78 Å². The van der Waals surface area contributed by atoms with Gasteiger partial charge in [-0.1, -0.05) is 0 Å². The van der Waals surface area contributed by atoms with E-state index in [0.29, 0.717) is 12.4 Å². The Hall–Kier alpha value is -1.56. The van der Waals surface area contributed by atoms with E-state index in [9.17, 15) is 4.39 Å². The highest BCUT2D eigenvalue weighted by atomic mass is 79.9. The molecular formula is C12H13BrFN3O. The summed E-state index contributed by atoms with van der Waals surface area (Å²) in [6.07, 6.45) is 0. The fraction of sp³-hybridized carbons (Fsp3) is 0.250. The van der Waals surface area contributed by atoms with Crippen LogP contribution in [0.5, 0.6) is 5.75 Å². The average Bonchev–Trinajstić information content (AvgIpc) is 2.56. The maximum atomic E-state index is 13.2. The number of benzene rings is 1. The fourth-order valence-corrected chi connectivity index (χ4v) is 2.04. The number of hydrogen-bond donors (Lipinski definition) is 1. The van der Waals surface area contributed by atoms with E-state index in [1.807, 2.05) is 14.0 Å². The number of nitrogens with two attached hydrogens (primary N) is 1. The highest BCUT2D eigenvalue weighted by Crippen LogP contribution is 2.23. The topological polar surface area (TPSA) is 53.1 Å². The molecule has 0 aliphatic carbocycles. The smallest absolute Gasteiger partial charge is 0.149 e. The normalized spacial score (nSPS) is 10.7. The summed E-state index contributed by atoms with van der Waals surface area (Å²) in [5.41, 5.74) is 7.29. The van der Waals surface area contributed by atoms with E-state index in [-0.39, 0.29) is 5.69 Å². The Balaban J connectivity index is 2.14. The van der Waals surface area contributed by atoms with Gasteiger partial charge in [0.2, 0.25) is 0 Å². The standard InChI is InChI=1S/C12H13BrFN3O/c1-7-12(13)11(17(2)16-7)6-18-8-3-4-10(15)9(14)5-8/h3-5H,6,15H2,1-2H3. The van der Waals surface area contributed by atoms with Crippen LogP contribution in [0.15, 0.2) is 22.7 Å². The van der Waals surface area contributed by atoms with Crippen molar-refractivity contribution in [3.8, 4) is 5.75 Å². The Morgan fingerprint density at radius 2 is 2.22 bits per heavy atom. The molecule has 0 atom stereocenters. The van der Waals surface area contributed by atoms with Gasteiger partial charge in [0.05, 0.1) is 21.5 Å². The first-order chi connectivity index (χ1) is 8.49. The number of nitrogens with zero attached hydrogens (tertiary/aromatic N) is 2. The Morgan fingerprint density at radius 1 is 1.50 bits per heavy atom. The van der Waals surface area contributed by atoms with E-state index >= 15 is 0 Å². The van der Waals surface area contributed by atoms with E-state index in [0.717, 1.165) is 15.9 Å². The fourth-order valence-electron chi connectivity index (χ4n) is 1.59. The van der Waals surface area contributed by atoms with Crippen LogP contribution in [0, 0.1) is 12.7 Å². The van der Waals surface area contributed by atoms with E-state index < -0.39 is 5.82 Å². The number of hydrogen-bond acceptors (Lipinski definition) is 3. The second-order valence-electron chi connectivity index (χ2n) is 3.94. The zero-order valence-corrected chi connectivity index (χ0v) is 11.7. The first kappa shape index (κ1) is 12.9. The number of halogens is 2. The lowest BCUT2D eigenvalue weighted by Gasteiger charge is -2.07. The van der Waals surface area contributed by atoms with Crippen molar-refractivity contribution >= 4 is 21.6 Å². The summed E-state index contributed by atoms with van der Waals surface area (Å²) in [5.74, 6) is -0.0415. The molecule has 4 nitrogen and oxygen atoms in total. The molecule has 0 unspecified atom stereocenters. The van der Waals surface area contributed by atoms with Gasteiger partial charge in [-0.2, -0.15) is 5.10 Å². The molecule has 1 aromatic heterocycles. The van der Waals surface area contributed by atoms with Crippen molar-refractivity contribution in [3.63, 3.8) is 0 Å². The van der Waals surface area contributed by atoms with E-state index in [2.05, 4.69) is 21.0 Å². The van der Waals surface area contributed by atoms with Gasteiger partial charge >= 0.3 is 0 Å². The van der Waals surface area contributed by atoms with Crippen molar-refractivity contribution in [1.29, 1.82) is 0 Å². The Labute approximate surface area is 113 Å². The second-order valence-corrected chi connectivity index (χ2v) is 4.73. The lowest BCUT2D eigenvalue weighted by molar-refractivity contribution is 0.292. The number of ether oxygens (including phenoxy) is 1. The molecule has 2 aromatic rings. The molecule has 0 saturated heterocycles. The minimum absolute atomic E-state index is 0.111. The third kappa shape index (κ3) is 2.48. The molecule has 0 radical (unpaired) electrons. The summed E-state index contributed by atoms with van der Waals surface area (Å²) in [6.45, 7) is 2.21. The van der Waals surface area contributed by atoms with E-state index in [1.54, 1.807) is 10.7 Å². The Morgan fingerprint density at radius 3 is 2.78 bits per heavy atom. The molecule has 6 heteroatoms. The molecule has 0 amide bonds. The quantitative estimate of drug-likeness (QED) is 0.886. The number of nitrogen functional groups attached to an aromatic ring is 1. The monoisotopic (exact) mass is 313 g/mol. The molecule has 2 N–H and O–H groups in total. The number of rotatable bonds is 3. The van der Waals surface area contributed by atoms with Crippen LogP contribution < -0.4 is 10.5 Å². The second kappa shape index (κ2) is 4.97. The molecule has 0 aliphatic rings. The van der Waals surface area contributed by atoms with Crippen LogP contribution >= 0.6 is 15.9 Å². The molecule has 0 spiro atoms. The molecule has 0 bridgehead atoms. The maximum absolute atomic E-state index is 13.2. The van der Waals surface area contributed by atoms with Crippen molar-refractivity contribution in [3.05, 3.63) is 39.9 Å². The van der Waals surface area contributed by atoms with Crippen molar-refractivity contribution in [2.24, 2.45) is 7.05 Å². The van der Waals surface area contributed by atoms with Crippen LogP contribution in [0.4, 0.5) is 10.1 Å². The van der Waals surface area contributed by atoms with Crippen LogP contribution in [-0.4, -0.2) is 9.78 Å². The maximum Gasteiger partial charge on any atom is 0.149 e. The summed E-state index contributed by atoms with van der Waals surface area (Å²) in [6, 6.07) is 4.39. The number of anilines is 1. The molecule has 0 saturated carbocycles. The number of aryl methyl sites for hydroxylation is 2. The molecule has 0 aliphatic heterocycles. The van der Waals surface area contributed by atoms with Gasteiger partial charge in [-0.05, 0) is 35.0 Å². The lowest BCUT2D eigenvalue weighted by atomic mass is 10.3. The van der Waals surface area contributed by atoms with E-state index in [4.69, 9.17) is 10.5 Å². The summed E-state index contributed by atoms with van der Waals surface area (Å²) in [5, 5.41) is 4.25. The van der Waals surface area contributed by atoms with Gasteiger partial charge in [0.25, 0.3) is 0 Å². The molecule has 0 fully saturated rings. The average molecular weight is 314 g/mol. The summed E-state index contributed by atoms with van der Waals surface area (Å²) >= 11 is 3.44. The van der Waals surface area contributed by atoms with Crippen LogP contribution in [0.1, 0.15) is 11.4 Å². The molecule has 1 aromatic carbocycles. The van der Waals surface area contributed by atoms with Crippen molar-refractivity contribution in [2.75, 3.05) is 5.73 Å². The summed E-state index contributed by atoms with van der Waals surface area (Å²) in [4.78, 5) is 0. The minimum atomic E-state index is -0.479. The molecule has 96 valence electrons. The Bertz CT molecular complexity index is 583. The highest BCUT2D eigenvalue weighted by Gasteiger charge is 2.11. The van der Waals surface area contributed by atoms with Crippen LogP contribution in [-0.2, 0) is 13.7 Å². The molecular weight excluding hydrogens is 301 g/mol. The first-order valence-corrected chi connectivity index (χ1v) is 6.14. The van der Waals surface area contributed by atoms with Gasteiger partial charge in [0.15, 0.2) is 0 Å². The van der Waals surface area contributed by atoms with Crippen LogP contribution in [0.2, 0.25) is 0 Å². The van der Waals surface area contributed by atoms with Gasteiger partial charge in [-0.3, -0.25) is 4.68 Å². The SMILES string of the molecule is Cc1nn(C)c(COc2ccc(N)c(F)c2)c1Br. The molecule has 18 heavy (non-hydrogen) atoms. The van der Waals surface area contributed by atoms with Gasteiger partial charge in [-0.25, -0.2) is 4.39 Å². The van der Waals surface area contributed by atoms with Gasteiger partial charge in [-0.15, -0.1) is 0 Å². The number of aromatic nitrogens is 2. The Kier molecular flexibility index (Phi) is 3.56. The van der Waals surface area contributed by atoms with E-state index in [1.165, 1.54) is 12.1 Å². The predicted octanol–water partition coefficient (Wildman–Crippen LogP) is 2.79. The lowest BCUT2D eigenvalue weighted by Crippen LogP contribution is -2.04. The van der Waals surface area contributed by atoms with Gasteiger partial charge < -0.3 is 10.5 Å². The molecule has 1 heterocycles.